The highest BCUT2D eigenvalue weighted by molar-refractivity contribution is 7.87. The van der Waals surface area contributed by atoms with Crippen LogP contribution in [0.1, 0.15) is 5.56 Å². The Morgan fingerprint density at radius 3 is 3.00 bits per heavy atom. The standard InChI is InChI=1S/C8H9NS/c1-9-5-6-2-3-7-8(4-6)10-7/h2-4,9H,5H2,1H3. The maximum atomic E-state index is 3.13. The molecule has 1 aliphatic heterocycles. The summed E-state index contributed by atoms with van der Waals surface area (Å²) in [5.74, 6) is 0. The molecule has 0 bridgehead atoms. The minimum absolute atomic E-state index is 0.980. The van der Waals surface area contributed by atoms with E-state index < -0.39 is 0 Å². The van der Waals surface area contributed by atoms with E-state index in [0.29, 0.717) is 0 Å². The number of nitrogens with one attached hydrogen (secondary N) is 1. The number of rotatable bonds is 2. The fourth-order valence-corrected chi connectivity index (χ4v) is 1.68. The molecule has 52 valence electrons. The van der Waals surface area contributed by atoms with Gasteiger partial charge in [0, 0.05) is 15.6 Å². The molecule has 1 N–H and O–H groups in total. The molecule has 0 saturated heterocycles. The van der Waals surface area contributed by atoms with Gasteiger partial charge in [0.15, 0.2) is 0 Å². The average Bonchev–Trinajstić information content (AvgIpc) is 2.66. The van der Waals surface area contributed by atoms with Crippen LogP contribution in [0, 0.1) is 9.02 Å². The van der Waals surface area contributed by atoms with E-state index >= 15 is 0 Å². The highest BCUT2D eigenvalue weighted by Crippen LogP contribution is 2.14. The third kappa shape index (κ3) is 1.00. The quantitative estimate of drug-likeness (QED) is 0.644. The minimum atomic E-state index is 0.980. The highest BCUT2D eigenvalue weighted by atomic mass is 32.1. The van der Waals surface area contributed by atoms with Crippen molar-refractivity contribution in [3.63, 3.8) is 0 Å². The molecule has 0 spiro atoms. The molecular weight excluding hydrogens is 142 g/mol. The van der Waals surface area contributed by atoms with E-state index in [1.165, 1.54) is 14.6 Å². The summed E-state index contributed by atoms with van der Waals surface area (Å²) in [7, 11) is 3.84. The van der Waals surface area contributed by atoms with Crippen LogP contribution >= 0.6 is 10.9 Å². The minimum Gasteiger partial charge on any atom is -0.316 e. The van der Waals surface area contributed by atoms with Crippen LogP contribution in [0.15, 0.2) is 18.2 Å². The molecule has 0 unspecified atom stereocenters. The van der Waals surface area contributed by atoms with Crippen molar-refractivity contribution in [2.45, 2.75) is 6.54 Å². The second-order valence-corrected chi connectivity index (χ2v) is 3.50. The molecule has 1 aromatic carbocycles. The third-order valence-electron chi connectivity index (χ3n) is 1.57. The zero-order chi connectivity index (χ0) is 6.97. The molecule has 1 aromatic rings. The van der Waals surface area contributed by atoms with Gasteiger partial charge < -0.3 is 5.32 Å². The Hall–Kier alpha value is -0.600. The summed E-state index contributed by atoms with van der Waals surface area (Å²) < 4.78 is 2.90. The SMILES string of the molecule is CNCc1ccc2c(c1)=S=2. The highest BCUT2D eigenvalue weighted by Gasteiger charge is 1.96. The van der Waals surface area contributed by atoms with Crippen LogP contribution in [0.3, 0.4) is 0 Å². The van der Waals surface area contributed by atoms with Crippen molar-refractivity contribution in [3.8, 4) is 0 Å². The van der Waals surface area contributed by atoms with Crippen LogP contribution in [0.2, 0.25) is 0 Å². The maximum Gasteiger partial charge on any atom is 0.0452 e. The predicted molar refractivity (Wildman–Crippen MR) is 44.5 cm³/mol. The van der Waals surface area contributed by atoms with Gasteiger partial charge in [0.25, 0.3) is 0 Å². The number of benzene rings is 1. The summed E-state index contributed by atoms with van der Waals surface area (Å²) >= 11 is 0. The second kappa shape index (κ2) is 2.22. The van der Waals surface area contributed by atoms with E-state index in [-0.39, 0.29) is 0 Å². The summed E-state index contributed by atoms with van der Waals surface area (Å²) in [6.07, 6.45) is 0. The van der Waals surface area contributed by atoms with E-state index in [0.717, 1.165) is 6.54 Å². The summed E-state index contributed by atoms with van der Waals surface area (Å²) in [6.45, 7) is 0.980. The molecule has 0 saturated carbocycles. The van der Waals surface area contributed by atoms with E-state index in [1.54, 1.807) is 0 Å². The summed E-state index contributed by atoms with van der Waals surface area (Å²) in [5.41, 5.74) is 1.38. The zero-order valence-corrected chi connectivity index (χ0v) is 6.66. The maximum absolute atomic E-state index is 3.13. The van der Waals surface area contributed by atoms with Crippen molar-refractivity contribution in [1.82, 2.24) is 5.32 Å². The van der Waals surface area contributed by atoms with Gasteiger partial charge in [-0.25, -0.2) is 0 Å². The van der Waals surface area contributed by atoms with Crippen LogP contribution in [-0.4, -0.2) is 7.05 Å². The van der Waals surface area contributed by atoms with Crippen LogP contribution < -0.4 is 5.32 Å². The molecule has 1 heterocycles. The van der Waals surface area contributed by atoms with Crippen molar-refractivity contribution in [2.24, 2.45) is 0 Å². The number of hydrogen-bond donors (Lipinski definition) is 1. The topological polar surface area (TPSA) is 12.0 Å². The normalized spacial score (nSPS) is 12.1. The average molecular weight is 151 g/mol. The van der Waals surface area contributed by atoms with Crippen LogP contribution in [0.25, 0.3) is 0 Å². The first-order chi connectivity index (χ1) is 4.90. The number of hydrogen-bond acceptors (Lipinski definition) is 1. The Balaban J connectivity index is 2.32. The summed E-state index contributed by atoms with van der Waals surface area (Å²) in [6, 6.07) is 6.61. The molecule has 0 aromatic heterocycles. The lowest BCUT2D eigenvalue weighted by atomic mass is 10.2. The molecule has 0 radical (unpaired) electrons. The molecule has 2 heteroatoms. The molecule has 10 heavy (non-hydrogen) atoms. The third-order valence-corrected chi connectivity index (χ3v) is 2.50. The number of fused-ring (bicyclic) bond motifs is 1. The molecule has 1 aliphatic rings. The van der Waals surface area contributed by atoms with Crippen LogP contribution in [-0.2, 0) is 6.54 Å². The van der Waals surface area contributed by atoms with Gasteiger partial charge in [-0.2, -0.15) is 0 Å². The Bertz CT molecular complexity index is 377. The van der Waals surface area contributed by atoms with Gasteiger partial charge in [-0.15, -0.1) is 10.9 Å². The lowest BCUT2D eigenvalue weighted by molar-refractivity contribution is 0.818. The predicted octanol–water partition coefficient (Wildman–Crippen LogP) is 1.65. The molecule has 0 atom stereocenters. The van der Waals surface area contributed by atoms with Crippen LogP contribution in [0.4, 0.5) is 0 Å². The molecule has 1 nitrogen and oxygen atoms in total. The summed E-state index contributed by atoms with van der Waals surface area (Å²) in [4.78, 5) is 0. The monoisotopic (exact) mass is 151 g/mol. The second-order valence-electron chi connectivity index (χ2n) is 2.41. The van der Waals surface area contributed by atoms with Gasteiger partial charge in [0.2, 0.25) is 0 Å². The van der Waals surface area contributed by atoms with Gasteiger partial charge in [-0.05, 0) is 24.7 Å². The lowest BCUT2D eigenvalue weighted by Gasteiger charge is -1.94. The smallest absolute Gasteiger partial charge is 0.0452 e. The summed E-state index contributed by atoms with van der Waals surface area (Å²) in [5, 5.41) is 3.13. The van der Waals surface area contributed by atoms with Gasteiger partial charge in [0.1, 0.15) is 0 Å². The lowest BCUT2D eigenvalue weighted by Crippen LogP contribution is -2.04. The molecule has 0 amide bonds. The van der Waals surface area contributed by atoms with Gasteiger partial charge in [-0.1, -0.05) is 6.07 Å². The Labute approximate surface area is 63.2 Å². The van der Waals surface area contributed by atoms with Gasteiger partial charge in [-0.3, -0.25) is 0 Å². The van der Waals surface area contributed by atoms with Gasteiger partial charge >= 0.3 is 0 Å². The fourth-order valence-electron chi connectivity index (χ4n) is 1.02. The van der Waals surface area contributed by atoms with Gasteiger partial charge in [0.05, 0.1) is 0 Å². The largest absolute Gasteiger partial charge is 0.316 e. The zero-order valence-electron chi connectivity index (χ0n) is 5.85. The van der Waals surface area contributed by atoms with Crippen molar-refractivity contribution in [1.29, 1.82) is 0 Å². The Morgan fingerprint density at radius 2 is 2.30 bits per heavy atom. The fraction of sp³-hybridized carbons (Fsp3) is 0.250. The molecule has 2 rings (SSSR count). The van der Waals surface area contributed by atoms with Crippen LogP contribution in [0.5, 0.6) is 0 Å². The van der Waals surface area contributed by atoms with Crippen molar-refractivity contribution >= 4 is 10.9 Å². The first-order valence-electron chi connectivity index (χ1n) is 3.35. The van der Waals surface area contributed by atoms with E-state index in [4.69, 9.17) is 0 Å². The van der Waals surface area contributed by atoms with Crippen molar-refractivity contribution < 1.29 is 0 Å². The van der Waals surface area contributed by atoms with E-state index in [1.807, 2.05) is 18.0 Å². The van der Waals surface area contributed by atoms with Crippen molar-refractivity contribution in [3.05, 3.63) is 32.8 Å². The van der Waals surface area contributed by atoms with E-state index in [9.17, 15) is 0 Å². The Morgan fingerprint density at radius 1 is 1.40 bits per heavy atom. The first-order valence-corrected chi connectivity index (χ1v) is 4.17. The Kier molecular flexibility index (Phi) is 1.36. The first kappa shape index (κ1) is 6.13. The van der Waals surface area contributed by atoms with Crippen molar-refractivity contribution in [2.75, 3.05) is 7.05 Å². The van der Waals surface area contributed by atoms with E-state index in [2.05, 4.69) is 23.5 Å². The molecular formula is C8H9NS. The molecule has 0 fully saturated rings. The molecule has 0 aliphatic carbocycles.